The van der Waals surface area contributed by atoms with E-state index in [0.29, 0.717) is 35.9 Å². The summed E-state index contributed by atoms with van der Waals surface area (Å²) in [4.78, 5) is 21.6. The molecule has 0 radical (unpaired) electrons. The summed E-state index contributed by atoms with van der Waals surface area (Å²) in [6, 6.07) is 3.24. The molecule has 0 bridgehead atoms. The van der Waals surface area contributed by atoms with Crippen LogP contribution in [0.25, 0.3) is 5.65 Å². The van der Waals surface area contributed by atoms with E-state index in [1.54, 1.807) is 9.42 Å². The highest BCUT2D eigenvalue weighted by molar-refractivity contribution is 6.31. The SMILES string of the molecule is CCC1C(F)CC(COc2cc(F)ccc2C(=O)N2Cc3nn4c(C)c(Cl)c(C)nc4c3C2)N1CCO. The molecule has 0 saturated carbocycles. The molecule has 0 spiro atoms. The first kappa shape index (κ1) is 25.8. The molecule has 37 heavy (non-hydrogen) atoms. The second-order valence-corrected chi connectivity index (χ2v) is 10.1. The molecule has 4 heterocycles. The summed E-state index contributed by atoms with van der Waals surface area (Å²) >= 11 is 6.33. The number of carbonyl (C=O) groups excluding carboxylic acids is 1. The van der Waals surface area contributed by atoms with E-state index in [9.17, 15) is 18.7 Å². The van der Waals surface area contributed by atoms with Crippen molar-refractivity contribution in [3.05, 3.63) is 57.2 Å². The molecule has 198 valence electrons. The van der Waals surface area contributed by atoms with Gasteiger partial charge in [0.05, 0.1) is 47.4 Å². The Kier molecular flexibility index (Phi) is 7.08. The van der Waals surface area contributed by atoms with Crippen LogP contribution in [-0.4, -0.2) is 73.4 Å². The van der Waals surface area contributed by atoms with Crippen molar-refractivity contribution in [1.82, 2.24) is 24.4 Å². The smallest absolute Gasteiger partial charge is 0.258 e. The van der Waals surface area contributed by atoms with Crippen LogP contribution in [0.15, 0.2) is 18.2 Å². The van der Waals surface area contributed by atoms with Gasteiger partial charge in [-0.15, -0.1) is 0 Å². The molecule has 1 fully saturated rings. The van der Waals surface area contributed by atoms with Crippen LogP contribution in [0.1, 0.15) is 52.8 Å². The van der Waals surface area contributed by atoms with Gasteiger partial charge < -0.3 is 14.7 Å². The zero-order valence-electron chi connectivity index (χ0n) is 21.0. The Balaban J connectivity index is 1.36. The second kappa shape index (κ2) is 10.2. The van der Waals surface area contributed by atoms with Crippen LogP contribution in [0.2, 0.25) is 5.02 Å². The average Bonchev–Trinajstić information content (AvgIpc) is 3.53. The number of aryl methyl sites for hydroxylation is 2. The van der Waals surface area contributed by atoms with Gasteiger partial charge in [-0.05, 0) is 38.8 Å². The van der Waals surface area contributed by atoms with Crippen LogP contribution in [-0.2, 0) is 13.1 Å². The average molecular weight is 534 g/mol. The Morgan fingerprint density at radius 1 is 1.30 bits per heavy atom. The highest BCUT2D eigenvalue weighted by atomic mass is 35.5. The molecule has 1 saturated heterocycles. The van der Waals surface area contributed by atoms with Crippen LogP contribution in [0.3, 0.4) is 0 Å². The fraction of sp³-hybridized carbons (Fsp3) is 0.500. The number of β-amino-alcohol motifs (C(OH)–C–C–N with tert-alkyl or cyclic N) is 1. The van der Waals surface area contributed by atoms with Gasteiger partial charge >= 0.3 is 0 Å². The summed E-state index contributed by atoms with van der Waals surface area (Å²) in [5.74, 6) is -0.740. The Morgan fingerprint density at radius 3 is 2.81 bits per heavy atom. The second-order valence-electron chi connectivity index (χ2n) is 9.71. The van der Waals surface area contributed by atoms with Gasteiger partial charge in [0.1, 0.15) is 24.3 Å². The van der Waals surface area contributed by atoms with E-state index >= 15 is 0 Å². The molecule has 8 nitrogen and oxygen atoms in total. The number of hydrogen-bond donors (Lipinski definition) is 1. The third kappa shape index (κ3) is 4.55. The number of fused-ring (bicyclic) bond motifs is 3. The molecule has 1 amide bonds. The number of hydrogen-bond acceptors (Lipinski definition) is 6. The first-order chi connectivity index (χ1) is 17.7. The molecule has 2 aliphatic heterocycles. The molecule has 5 rings (SSSR count). The minimum atomic E-state index is -1.03. The predicted molar refractivity (Wildman–Crippen MR) is 134 cm³/mol. The van der Waals surface area contributed by atoms with Crippen molar-refractivity contribution in [1.29, 1.82) is 0 Å². The molecule has 2 aromatic heterocycles. The number of rotatable bonds is 7. The third-order valence-electron chi connectivity index (χ3n) is 7.43. The Morgan fingerprint density at radius 2 is 2.08 bits per heavy atom. The van der Waals surface area contributed by atoms with Gasteiger partial charge in [-0.1, -0.05) is 18.5 Å². The number of carbonyl (C=O) groups is 1. The van der Waals surface area contributed by atoms with E-state index in [1.165, 1.54) is 18.2 Å². The number of aliphatic hydroxyl groups is 1. The summed E-state index contributed by atoms with van der Waals surface area (Å²) in [6.07, 6.45) is -0.161. The minimum Gasteiger partial charge on any atom is -0.491 e. The van der Waals surface area contributed by atoms with Gasteiger partial charge in [0.15, 0.2) is 5.65 Å². The molecule has 0 aliphatic carbocycles. The van der Waals surface area contributed by atoms with Crippen LogP contribution in [0.5, 0.6) is 5.75 Å². The lowest BCUT2D eigenvalue weighted by Crippen LogP contribution is -2.42. The van der Waals surface area contributed by atoms with Gasteiger partial charge in [-0.3, -0.25) is 9.69 Å². The molecule has 3 atom stereocenters. The van der Waals surface area contributed by atoms with Crippen LogP contribution < -0.4 is 4.74 Å². The first-order valence-electron chi connectivity index (χ1n) is 12.5. The highest BCUT2D eigenvalue weighted by Crippen LogP contribution is 2.33. The summed E-state index contributed by atoms with van der Waals surface area (Å²) < 4.78 is 36.4. The Bertz CT molecular complexity index is 1350. The molecule has 2 aliphatic rings. The van der Waals surface area contributed by atoms with Gasteiger partial charge in [0, 0.05) is 30.3 Å². The van der Waals surface area contributed by atoms with Crippen LogP contribution in [0.4, 0.5) is 8.78 Å². The summed E-state index contributed by atoms with van der Waals surface area (Å²) in [5, 5.41) is 14.6. The van der Waals surface area contributed by atoms with E-state index in [1.807, 2.05) is 25.7 Å². The lowest BCUT2D eigenvalue weighted by Gasteiger charge is -2.29. The monoisotopic (exact) mass is 533 g/mol. The number of likely N-dealkylation sites (tertiary alicyclic amines) is 1. The number of amides is 1. The van der Waals surface area contributed by atoms with Gasteiger partial charge in [0.25, 0.3) is 5.91 Å². The number of halogens is 3. The van der Waals surface area contributed by atoms with E-state index in [2.05, 4.69) is 10.1 Å². The van der Waals surface area contributed by atoms with E-state index in [0.717, 1.165) is 17.0 Å². The highest BCUT2D eigenvalue weighted by Gasteiger charge is 2.40. The normalized spacial score (nSPS) is 21.7. The quantitative estimate of drug-likeness (QED) is 0.497. The maximum Gasteiger partial charge on any atom is 0.258 e. The maximum absolute atomic E-state index is 14.6. The molecule has 1 N–H and O–H groups in total. The van der Waals surface area contributed by atoms with E-state index in [4.69, 9.17) is 16.3 Å². The summed E-state index contributed by atoms with van der Waals surface area (Å²) in [7, 11) is 0. The Labute approximate surface area is 218 Å². The lowest BCUT2D eigenvalue weighted by atomic mass is 10.1. The molecule has 1 aromatic carbocycles. The largest absolute Gasteiger partial charge is 0.491 e. The van der Waals surface area contributed by atoms with Crippen LogP contribution >= 0.6 is 11.6 Å². The van der Waals surface area contributed by atoms with Gasteiger partial charge in [-0.25, -0.2) is 18.3 Å². The summed E-state index contributed by atoms with van der Waals surface area (Å²) in [6.45, 7) is 6.50. The van der Waals surface area contributed by atoms with Crippen molar-refractivity contribution in [2.45, 2.75) is 65.0 Å². The van der Waals surface area contributed by atoms with Gasteiger partial charge in [-0.2, -0.15) is 5.10 Å². The van der Waals surface area contributed by atoms with Crippen molar-refractivity contribution in [2.75, 3.05) is 19.8 Å². The predicted octanol–water partition coefficient (Wildman–Crippen LogP) is 3.86. The number of benzene rings is 1. The standard InChI is InChI=1S/C26H30ClF2N5O3/c1-4-22-20(29)10-17(33(22)7-8-35)13-37-23-9-16(28)5-6-18(23)26(36)32-11-19-21(12-32)31-34-15(3)24(27)14(2)30-25(19)34/h5-6,9,17,20,22,35H,4,7-8,10-13H2,1-3H3. The van der Waals surface area contributed by atoms with Crippen molar-refractivity contribution >= 4 is 23.2 Å². The maximum atomic E-state index is 14.6. The van der Waals surface area contributed by atoms with E-state index in [-0.39, 0.29) is 55.5 Å². The topological polar surface area (TPSA) is 83.2 Å². The zero-order valence-corrected chi connectivity index (χ0v) is 21.8. The fourth-order valence-electron chi connectivity index (χ4n) is 5.55. The number of alkyl halides is 1. The molecule has 3 aromatic rings. The molecule has 3 unspecified atom stereocenters. The van der Waals surface area contributed by atoms with Crippen molar-refractivity contribution in [3.63, 3.8) is 0 Å². The Hall–Kier alpha value is -2.82. The number of aliphatic hydroxyl groups excluding tert-OH is 1. The van der Waals surface area contributed by atoms with E-state index < -0.39 is 12.0 Å². The molecular weight excluding hydrogens is 504 g/mol. The van der Waals surface area contributed by atoms with Gasteiger partial charge in [0.2, 0.25) is 0 Å². The first-order valence-corrected chi connectivity index (χ1v) is 12.9. The van der Waals surface area contributed by atoms with Crippen LogP contribution in [0, 0.1) is 19.7 Å². The lowest BCUT2D eigenvalue weighted by molar-refractivity contribution is 0.0740. The third-order valence-corrected chi connectivity index (χ3v) is 7.98. The van der Waals surface area contributed by atoms with Crippen molar-refractivity contribution < 1.29 is 23.4 Å². The fourth-order valence-corrected chi connectivity index (χ4v) is 5.68. The summed E-state index contributed by atoms with van der Waals surface area (Å²) in [5.41, 5.74) is 3.95. The number of ether oxygens (including phenoxy) is 1. The minimum absolute atomic E-state index is 0.0813. The number of nitrogens with zero attached hydrogens (tertiary/aromatic N) is 5. The molecular formula is C26H30ClF2N5O3. The van der Waals surface area contributed by atoms with Crippen molar-refractivity contribution in [2.24, 2.45) is 0 Å². The molecule has 11 heteroatoms. The van der Waals surface area contributed by atoms with Crippen molar-refractivity contribution in [3.8, 4) is 5.75 Å². The zero-order chi connectivity index (χ0) is 26.4. The number of aromatic nitrogens is 3.